The second kappa shape index (κ2) is 10.7. The molecule has 31 heavy (non-hydrogen) atoms. The first-order valence-corrected chi connectivity index (χ1v) is 10.9. The molecular weight excluding hydrogens is 403 g/mol. The predicted octanol–water partition coefficient (Wildman–Crippen LogP) is 5.79. The number of anilines is 1. The summed E-state index contributed by atoms with van der Waals surface area (Å²) in [6, 6.07) is 11.3. The van der Waals surface area contributed by atoms with Gasteiger partial charge in [0.2, 0.25) is 0 Å². The highest BCUT2D eigenvalue weighted by atomic mass is 19.2. The van der Waals surface area contributed by atoms with Crippen LogP contribution < -0.4 is 5.32 Å². The summed E-state index contributed by atoms with van der Waals surface area (Å²) in [5.74, 6) is -4.21. The molecule has 2 amide bonds. The van der Waals surface area contributed by atoms with Crippen molar-refractivity contribution in [3.63, 3.8) is 0 Å². The maximum atomic E-state index is 13.6. The van der Waals surface area contributed by atoms with Crippen molar-refractivity contribution in [3.8, 4) is 0 Å². The van der Waals surface area contributed by atoms with Gasteiger partial charge in [-0.3, -0.25) is 0 Å². The monoisotopic (exact) mass is 433 g/mol. The molecule has 1 saturated heterocycles. The van der Waals surface area contributed by atoms with Crippen LogP contribution in [0.2, 0.25) is 0 Å². The predicted molar refractivity (Wildman–Crippen MR) is 116 cm³/mol. The topological polar surface area (TPSA) is 35.6 Å². The molecule has 0 bridgehead atoms. The Morgan fingerprint density at radius 3 is 2.32 bits per heavy atom. The van der Waals surface area contributed by atoms with E-state index in [1.807, 2.05) is 30.3 Å². The van der Waals surface area contributed by atoms with Crippen LogP contribution in [0.3, 0.4) is 0 Å². The Labute approximate surface area is 182 Å². The van der Waals surface area contributed by atoms with Gasteiger partial charge in [0, 0.05) is 49.5 Å². The SMILES string of the molecule is CCCC(C)N1CCC(N(Cc2ccccc2)C(=O)Nc2cc(F)c(F)c(F)c2)CC1. The zero-order valence-corrected chi connectivity index (χ0v) is 18.1. The highest BCUT2D eigenvalue weighted by Gasteiger charge is 2.30. The molecule has 4 nitrogen and oxygen atoms in total. The number of nitrogens with zero attached hydrogens (tertiary/aromatic N) is 2. The van der Waals surface area contributed by atoms with Gasteiger partial charge in [0.1, 0.15) is 0 Å². The number of likely N-dealkylation sites (tertiary alicyclic amines) is 1. The minimum absolute atomic E-state index is 0.000393. The summed E-state index contributed by atoms with van der Waals surface area (Å²) >= 11 is 0. The number of amides is 2. The number of halogens is 3. The fraction of sp³-hybridized carbons (Fsp3) is 0.458. The number of carbonyl (C=O) groups excluding carboxylic acids is 1. The zero-order chi connectivity index (χ0) is 22.4. The van der Waals surface area contributed by atoms with E-state index < -0.39 is 23.5 Å². The molecule has 2 aromatic rings. The molecule has 1 fully saturated rings. The zero-order valence-electron chi connectivity index (χ0n) is 18.1. The van der Waals surface area contributed by atoms with E-state index in [-0.39, 0.29) is 11.7 Å². The number of hydrogen-bond acceptors (Lipinski definition) is 2. The molecule has 7 heteroatoms. The third kappa shape index (κ3) is 6.00. The Morgan fingerprint density at radius 1 is 1.13 bits per heavy atom. The van der Waals surface area contributed by atoms with Crippen LogP contribution in [0.4, 0.5) is 23.7 Å². The van der Waals surface area contributed by atoms with Crippen molar-refractivity contribution in [1.82, 2.24) is 9.80 Å². The van der Waals surface area contributed by atoms with E-state index in [0.29, 0.717) is 12.6 Å². The quantitative estimate of drug-likeness (QED) is 0.561. The first kappa shape index (κ1) is 23.1. The molecular formula is C24H30F3N3O. The van der Waals surface area contributed by atoms with Gasteiger partial charge in [-0.1, -0.05) is 43.7 Å². The van der Waals surface area contributed by atoms with E-state index in [0.717, 1.165) is 56.5 Å². The van der Waals surface area contributed by atoms with E-state index in [1.165, 1.54) is 0 Å². The summed E-state index contributed by atoms with van der Waals surface area (Å²) < 4.78 is 40.4. The van der Waals surface area contributed by atoms with Crippen molar-refractivity contribution >= 4 is 11.7 Å². The molecule has 168 valence electrons. The number of urea groups is 1. The van der Waals surface area contributed by atoms with Crippen molar-refractivity contribution in [1.29, 1.82) is 0 Å². The summed E-state index contributed by atoms with van der Waals surface area (Å²) in [7, 11) is 0. The van der Waals surface area contributed by atoms with Crippen LogP contribution in [0, 0.1) is 17.5 Å². The molecule has 1 aliphatic heterocycles. The second-order valence-corrected chi connectivity index (χ2v) is 8.20. The van der Waals surface area contributed by atoms with Crippen LogP contribution in [-0.4, -0.2) is 41.0 Å². The van der Waals surface area contributed by atoms with Crippen LogP contribution in [0.5, 0.6) is 0 Å². The van der Waals surface area contributed by atoms with Crippen molar-refractivity contribution in [2.45, 2.75) is 58.2 Å². The maximum absolute atomic E-state index is 13.6. The standard InChI is InChI=1S/C24H30F3N3O/c1-3-7-17(2)29-12-10-20(11-13-29)30(16-18-8-5-4-6-9-18)24(31)28-19-14-21(25)23(27)22(26)15-19/h4-6,8-9,14-15,17,20H,3,7,10-13,16H2,1-2H3,(H,28,31). The summed E-state index contributed by atoms with van der Waals surface area (Å²) in [6.07, 6.45) is 3.91. The number of nitrogens with one attached hydrogen (secondary N) is 1. The van der Waals surface area contributed by atoms with Gasteiger partial charge in [-0.15, -0.1) is 0 Å². The summed E-state index contributed by atoms with van der Waals surface area (Å²) in [5.41, 5.74) is 0.865. The average Bonchev–Trinajstić information content (AvgIpc) is 2.76. The molecule has 0 saturated carbocycles. The van der Waals surface area contributed by atoms with Gasteiger partial charge in [0.05, 0.1) is 0 Å². The lowest BCUT2D eigenvalue weighted by Crippen LogP contribution is -2.50. The molecule has 1 unspecified atom stereocenters. The van der Waals surface area contributed by atoms with Gasteiger partial charge in [0.15, 0.2) is 17.5 Å². The highest BCUT2D eigenvalue weighted by molar-refractivity contribution is 5.89. The molecule has 3 rings (SSSR count). The molecule has 0 spiro atoms. The Morgan fingerprint density at radius 2 is 1.74 bits per heavy atom. The van der Waals surface area contributed by atoms with Gasteiger partial charge in [-0.2, -0.15) is 0 Å². The lowest BCUT2D eigenvalue weighted by molar-refractivity contribution is 0.0989. The summed E-state index contributed by atoms with van der Waals surface area (Å²) in [6.45, 7) is 6.58. The van der Waals surface area contributed by atoms with Gasteiger partial charge in [-0.05, 0) is 31.7 Å². The third-order valence-electron chi connectivity index (χ3n) is 5.96. The van der Waals surface area contributed by atoms with E-state index in [9.17, 15) is 18.0 Å². The van der Waals surface area contributed by atoms with Gasteiger partial charge in [0.25, 0.3) is 0 Å². The number of rotatable bonds is 7. The highest BCUT2D eigenvalue weighted by Crippen LogP contribution is 2.24. The first-order chi connectivity index (χ1) is 14.9. The van der Waals surface area contributed by atoms with E-state index in [1.54, 1.807) is 4.90 Å². The molecule has 1 heterocycles. The maximum Gasteiger partial charge on any atom is 0.322 e. The Bertz CT molecular complexity index is 847. The van der Waals surface area contributed by atoms with Crippen LogP contribution in [0.1, 0.15) is 45.1 Å². The summed E-state index contributed by atoms with van der Waals surface area (Å²) in [5, 5.41) is 2.55. The molecule has 0 aromatic heterocycles. The number of hydrogen-bond donors (Lipinski definition) is 1. The number of benzene rings is 2. The van der Waals surface area contributed by atoms with E-state index >= 15 is 0 Å². The Kier molecular flexibility index (Phi) is 7.96. The second-order valence-electron chi connectivity index (χ2n) is 8.20. The van der Waals surface area contributed by atoms with Crippen molar-refractivity contribution in [2.75, 3.05) is 18.4 Å². The molecule has 1 N–H and O–H groups in total. The molecule has 1 aliphatic rings. The molecule has 2 aromatic carbocycles. The average molecular weight is 434 g/mol. The van der Waals surface area contributed by atoms with Gasteiger partial charge >= 0.3 is 6.03 Å². The van der Waals surface area contributed by atoms with Crippen LogP contribution >= 0.6 is 0 Å². The largest absolute Gasteiger partial charge is 0.322 e. The van der Waals surface area contributed by atoms with Gasteiger partial charge in [-0.25, -0.2) is 18.0 Å². The molecule has 0 radical (unpaired) electrons. The van der Waals surface area contributed by atoms with Crippen LogP contribution in [0.25, 0.3) is 0 Å². The minimum Gasteiger partial charge on any atom is -0.317 e. The smallest absolute Gasteiger partial charge is 0.317 e. The Balaban J connectivity index is 1.74. The van der Waals surface area contributed by atoms with Gasteiger partial charge < -0.3 is 15.1 Å². The van der Waals surface area contributed by atoms with Crippen molar-refractivity contribution < 1.29 is 18.0 Å². The lowest BCUT2D eigenvalue weighted by Gasteiger charge is -2.40. The van der Waals surface area contributed by atoms with Crippen LogP contribution in [-0.2, 0) is 6.54 Å². The molecule has 0 aliphatic carbocycles. The first-order valence-electron chi connectivity index (χ1n) is 10.9. The van der Waals surface area contributed by atoms with E-state index in [4.69, 9.17) is 0 Å². The number of carbonyl (C=O) groups is 1. The third-order valence-corrected chi connectivity index (χ3v) is 5.96. The van der Waals surface area contributed by atoms with E-state index in [2.05, 4.69) is 24.1 Å². The number of piperidine rings is 1. The Hall–Kier alpha value is -2.54. The normalized spacial score (nSPS) is 16.2. The fourth-order valence-electron chi connectivity index (χ4n) is 4.21. The lowest BCUT2D eigenvalue weighted by atomic mass is 10.00. The van der Waals surface area contributed by atoms with Crippen LogP contribution in [0.15, 0.2) is 42.5 Å². The van der Waals surface area contributed by atoms with Crippen molar-refractivity contribution in [2.24, 2.45) is 0 Å². The minimum atomic E-state index is -1.55. The summed E-state index contributed by atoms with van der Waals surface area (Å²) in [4.78, 5) is 17.3. The van der Waals surface area contributed by atoms with Crippen molar-refractivity contribution in [3.05, 3.63) is 65.5 Å². The molecule has 1 atom stereocenters. The fourth-order valence-corrected chi connectivity index (χ4v) is 4.21.